The first-order chi connectivity index (χ1) is 10.2. The molecule has 7 nitrogen and oxygen atoms in total. The molecule has 3 rings (SSSR count). The molecule has 3 heterocycles. The largest absolute Gasteiger partial charge is 0.477 e. The summed E-state index contributed by atoms with van der Waals surface area (Å²) in [6.07, 6.45) is 5.56. The van der Waals surface area contributed by atoms with Gasteiger partial charge in [-0.25, -0.2) is 14.8 Å². The van der Waals surface area contributed by atoms with Gasteiger partial charge >= 0.3 is 5.97 Å². The number of aliphatic hydroxyl groups excluding tert-OH is 1. The van der Waals surface area contributed by atoms with Crippen molar-refractivity contribution < 1.29 is 15.0 Å². The van der Waals surface area contributed by atoms with E-state index in [4.69, 9.17) is 0 Å². The van der Waals surface area contributed by atoms with Crippen molar-refractivity contribution in [2.75, 3.05) is 31.1 Å². The van der Waals surface area contributed by atoms with Crippen molar-refractivity contribution in [2.45, 2.75) is 25.3 Å². The molecule has 0 saturated carbocycles. The number of nitrogens with one attached hydrogen (secondary N) is 1. The van der Waals surface area contributed by atoms with E-state index >= 15 is 0 Å². The number of aliphatic hydroxyl groups is 1. The molecule has 2 saturated heterocycles. The molecule has 21 heavy (non-hydrogen) atoms. The lowest BCUT2D eigenvalue weighted by atomic mass is 9.71. The van der Waals surface area contributed by atoms with Gasteiger partial charge in [0, 0.05) is 30.7 Å². The van der Waals surface area contributed by atoms with Gasteiger partial charge in [0.2, 0.25) is 0 Å². The summed E-state index contributed by atoms with van der Waals surface area (Å²) in [5.41, 5.74) is -0.0927. The fraction of sp³-hybridized carbons (Fsp3) is 0.643. The second kappa shape index (κ2) is 5.57. The van der Waals surface area contributed by atoms with Gasteiger partial charge in [-0.3, -0.25) is 0 Å². The highest BCUT2D eigenvalue weighted by atomic mass is 16.4. The Kier molecular flexibility index (Phi) is 3.77. The van der Waals surface area contributed by atoms with Crippen LogP contribution in [0.1, 0.15) is 29.6 Å². The maximum absolute atomic E-state index is 11.3. The van der Waals surface area contributed by atoms with Crippen molar-refractivity contribution in [1.82, 2.24) is 15.3 Å². The molecule has 0 unspecified atom stereocenters. The van der Waals surface area contributed by atoms with Crippen LogP contribution >= 0.6 is 0 Å². The first kappa shape index (κ1) is 14.2. The van der Waals surface area contributed by atoms with Gasteiger partial charge in [-0.05, 0) is 25.8 Å². The molecule has 0 radical (unpaired) electrons. The summed E-state index contributed by atoms with van der Waals surface area (Å²) in [4.78, 5) is 21.3. The van der Waals surface area contributed by atoms with Crippen LogP contribution in [0, 0.1) is 5.41 Å². The normalized spacial score (nSPS) is 29.0. The number of carboxylic acids is 1. The third-order valence-corrected chi connectivity index (χ3v) is 4.71. The summed E-state index contributed by atoms with van der Waals surface area (Å²) < 4.78 is 0. The lowest BCUT2D eigenvalue weighted by Gasteiger charge is -2.50. The number of anilines is 1. The smallest absolute Gasteiger partial charge is 0.341 e. The standard InChI is InChI=1S/C14H20N4O3/c19-8-14-3-1-4-16-11(14)2-5-18(7-14)12-10(13(20)21)6-15-9-17-12/h6,9,11,16,19H,1-5,7-8H2,(H,20,21)/t11-,14-/m0/s1. The quantitative estimate of drug-likeness (QED) is 0.727. The highest BCUT2D eigenvalue weighted by Gasteiger charge is 2.45. The van der Waals surface area contributed by atoms with Gasteiger partial charge in [0.15, 0.2) is 0 Å². The van der Waals surface area contributed by atoms with Crippen LogP contribution in [0.3, 0.4) is 0 Å². The Morgan fingerprint density at radius 1 is 1.57 bits per heavy atom. The average Bonchev–Trinajstić information content (AvgIpc) is 2.54. The highest BCUT2D eigenvalue weighted by molar-refractivity contribution is 5.92. The van der Waals surface area contributed by atoms with Crippen LogP contribution in [0.4, 0.5) is 5.82 Å². The summed E-state index contributed by atoms with van der Waals surface area (Å²) in [6.45, 7) is 2.45. The summed E-state index contributed by atoms with van der Waals surface area (Å²) >= 11 is 0. The van der Waals surface area contributed by atoms with Crippen LogP contribution in [0.5, 0.6) is 0 Å². The Labute approximate surface area is 123 Å². The summed E-state index contributed by atoms with van der Waals surface area (Å²) in [6, 6.07) is 0.294. The number of hydrogen-bond donors (Lipinski definition) is 3. The van der Waals surface area contributed by atoms with Crippen LogP contribution in [-0.2, 0) is 0 Å². The Morgan fingerprint density at radius 2 is 2.43 bits per heavy atom. The Morgan fingerprint density at radius 3 is 3.19 bits per heavy atom. The molecule has 0 bridgehead atoms. The van der Waals surface area contributed by atoms with E-state index in [0.29, 0.717) is 18.4 Å². The lowest BCUT2D eigenvalue weighted by Crippen LogP contribution is -2.61. The van der Waals surface area contributed by atoms with Crippen LogP contribution in [-0.4, -0.2) is 58.4 Å². The van der Waals surface area contributed by atoms with Crippen molar-refractivity contribution in [3.8, 4) is 0 Å². The van der Waals surface area contributed by atoms with Crippen molar-refractivity contribution in [2.24, 2.45) is 5.41 Å². The molecule has 0 spiro atoms. The van der Waals surface area contributed by atoms with Gasteiger partial charge in [0.25, 0.3) is 0 Å². The van der Waals surface area contributed by atoms with Crippen molar-refractivity contribution in [1.29, 1.82) is 0 Å². The fourth-order valence-corrected chi connectivity index (χ4v) is 3.60. The van der Waals surface area contributed by atoms with Gasteiger partial charge < -0.3 is 20.4 Å². The van der Waals surface area contributed by atoms with Crippen molar-refractivity contribution in [3.63, 3.8) is 0 Å². The molecule has 0 amide bonds. The fourth-order valence-electron chi connectivity index (χ4n) is 3.60. The molecule has 1 aromatic rings. The monoisotopic (exact) mass is 292 g/mol. The van der Waals surface area contributed by atoms with E-state index < -0.39 is 5.97 Å². The molecular weight excluding hydrogens is 272 g/mol. The molecule has 2 atom stereocenters. The molecule has 0 aliphatic carbocycles. The molecular formula is C14H20N4O3. The minimum atomic E-state index is -1.02. The molecule has 2 aliphatic heterocycles. The molecule has 114 valence electrons. The van der Waals surface area contributed by atoms with Crippen LogP contribution < -0.4 is 10.2 Å². The van der Waals surface area contributed by atoms with Gasteiger partial charge in [0.05, 0.1) is 6.61 Å². The third-order valence-electron chi connectivity index (χ3n) is 4.71. The van der Waals surface area contributed by atoms with E-state index in [2.05, 4.69) is 15.3 Å². The molecule has 3 N–H and O–H groups in total. The predicted octanol–water partition coefficient (Wildman–Crippen LogP) is 0.116. The van der Waals surface area contributed by atoms with Crippen molar-refractivity contribution >= 4 is 11.8 Å². The Bertz CT molecular complexity index is 539. The number of rotatable bonds is 3. The topological polar surface area (TPSA) is 98.6 Å². The summed E-state index contributed by atoms with van der Waals surface area (Å²) in [5.74, 6) is -0.568. The van der Waals surface area contributed by atoms with E-state index in [1.807, 2.05) is 4.90 Å². The summed E-state index contributed by atoms with van der Waals surface area (Å²) in [5, 5.41) is 22.7. The van der Waals surface area contributed by atoms with E-state index in [0.717, 1.165) is 32.4 Å². The van der Waals surface area contributed by atoms with E-state index in [1.54, 1.807) is 0 Å². The predicted molar refractivity (Wildman–Crippen MR) is 76.4 cm³/mol. The number of hydrogen-bond acceptors (Lipinski definition) is 6. The molecule has 2 aliphatic rings. The zero-order chi connectivity index (χ0) is 14.9. The molecule has 0 aromatic carbocycles. The highest BCUT2D eigenvalue weighted by Crippen LogP contribution is 2.38. The second-order valence-electron chi connectivity index (χ2n) is 5.91. The number of fused-ring (bicyclic) bond motifs is 1. The van der Waals surface area contributed by atoms with E-state index in [-0.39, 0.29) is 17.6 Å². The lowest BCUT2D eigenvalue weighted by molar-refractivity contribution is 0.0402. The van der Waals surface area contributed by atoms with Gasteiger partial charge in [-0.1, -0.05) is 0 Å². The SMILES string of the molecule is O=C(O)c1cncnc1N1CC[C@@H]2NCCC[C@@]2(CO)C1. The minimum Gasteiger partial charge on any atom is -0.477 e. The molecule has 1 aromatic heterocycles. The number of carbonyl (C=O) groups is 1. The Balaban J connectivity index is 1.89. The summed E-state index contributed by atoms with van der Waals surface area (Å²) in [7, 11) is 0. The van der Waals surface area contributed by atoms with Crippen LogP contribution in [0.2, 0.25) is 0 Å². The number of aromatic nitrogens is 2. The van der Waals surface area contributed by atoms with Gasteiger partial charge in [-0.15, -0.1) is 0 Å². The van der Waals surface area contributed by atoms with Crippen LogP contribution in [0.15, 0.2) is 12.5 Å². The zero-order valence-corrected chi connectivity index (χ0v) is 11.8. The van der Waals surface area contributed by atoms with Gasteiger partial charge in [-0.2, -0.15) is 0 Å². The maximum atomic E-state index is 11.3. The zero-order valence-electron chi connectivity index (χ0n) is 11.8. The maximum Gasteiger partial charge on any atom is 0.341 e. The number of carboxylic acid groups (broad SMARTS) is 1. The Hall–Kier alpha value is -1.73. The van der Waals surface area contributed by atoms with E-state index in [1.165, 1.54) is 12.5 Å². The molecule has 7 heteroatoms. The number of piperidine rings is 2. The first-order valence-corrected chi connectivity index (χ1v) is 7.29. The minimum absolute atomic E-state index is 0.106. The van der Waals surface area contributed by atoms with E-state index in [9.17, 15) is 15.0 Å². The third kappa shape index (κ3) is 2.47. The number of aromatic carboxylic acids is 1. The van der Waals surface area contributed by atoms with Crippen molar-refractivity contribution in [3.05, 3.63) is 18.1 Å². The number of nitrogens with zero attached hydrogens (tertiary/aromatic N) is 3. The van der Waals surface area contributed by atoms with Gasteiger partial charge in [0.1, 0.15) is 17.7 Å². The molecule has 2 fully saturated rings. The first-order valence-electron chi connectivity index (χ1n) is 7.29. The van der Waals surface area contributed by atoms with Crippen LogP contribution in [0.25, 0.3) is 0 Å². The second-order valence-corrected chi connectivity index (χ2v) is 5.91. The average molecular weight is 292 g/mol.